The molecule has 6 heteroatoms. The van der Waals surface area contributed by atoms with Gasteiger partial charge in [0.05, 0.1) is 5.69 Å². The molecule has 1 amide bonds. The highest BCUT2D eigenvalue weighted by atomic mass is 19.1. The van der Waals surface area contributed by atoms with E-state index in [9.17, 15) is 18.4 Å². The summed E-state index contributed by atoms with van der Waals surface area (Å²) < 4.78 is 26.7. The maximum absolute atomic E-state index is 13.4. The van der Waals surface area contributed by atoms with Crippen LogP contribution in [0.5, 0.6) is 0 Å². The summed E-state index contributed by atoms with van der Waals surface area (Å²) in [5.41, 5.74) is 2.42. The molecule has 1 aromatic heterocycles. The van der Waals surface area contributed by atoms with Gasteiger partial charge in [-0.1, -0.05) is 6.07 Å². The number of hydrogen-bond acceptors (Lipinski definition) is 2. The van der Waals surface area contributed by atoms with Gasteiger partial charge in [-0.15, -0.1) is 0 Å². The first-order valence-corrected chi connectivity index (χ1v) is 10.1. The molecule has 152 valence electrons. The van der Waals surface area contributed by atoms with Gasteiger partial charge in [0.1, 0.15) is 11.6 Å². The van der Waals surface area contributed by atoms with Crippen LogP contribution in [0.1, 0.15) is 40.9 Å². The number of benzene rings is 2. The van der Waals surface area contributed by atoms with E-state index < -0.39 is 11.6 Å². The van der Waals surface area contributed by atoms with Gasteiger partial charge in [0.2, 0.25) is 5.91 Å². The van der Waals surface area contributed by atoms with Crippen LogP contribution in [-0.2, 0) is 11.2 Å². The minimum atomic E-state index is -0.699. The molecule has 4 nitrogen and oxygen atoms in total. The molecule has 1 N–H and O–H groups in total. The highest BCUT2D eigenvalue weighted by Crippen LogP contribution is 2.38. The van der Waals surface area contributed by atoms with E-state index in [1.54, 1.807) is 6.07 Å². The molecule has 2 heterocycles. The van der Waals surface area contributed by atoms with Gasteiger partial charge < -0.3 is 9.88 Å². The third kappa shape index (κ3) is 3.43. The Morgan fingerprint density at radius 1 is 1.10 bits per heavy atom. The van der Waals surface area contributed by atoms with E-state index in [4.69, 9.17) is 0 Å². The molecule has 0 unspecified atom stereocenters. The van der Waals surface area contributed by atoms with Crippen molar-refractivity contribution in [3.63, 3.8) is 0 Å². The average molecular weight is 406 g/mol. The third-order valence-electron chi connectivity index (χ3n) is 6.06. The molecule has 1 aliphatic carbocycles. The molecule has 2 aliphatic rings. The Morgan fingerprint density at radius 2 is 1.90 bits per heavy atom. The second-order valence-electron chi connectivity index (χ2n) is 8.13. The zero-order valence-electron chi connectivity index (χ0n) is 16.2. The van der Waals surface area contributed by atoms with E-state index in [1.165, 1.54) is 12.1 Å². The van der Waals surface area contributed by atoms with Crippen LogP contribution in [0.2, 0.25) is 0 Å². The Bertz CT molecular complexity index is 1180. The van der Waals surface area contributed by atoms with E-state index in [0.29, 0.717) is 17.3 Å². The van der Waals surface area contributed by atoms with Gasteiger partial charge >= 0.3 is 0 Å². The lowest BCUT2D eigenvalue weighted by atomic mass is 10.1. The third-order valence-corrected chi connectivity index (χ3v) is 6.06. The maximum Gasteiger partial charge on any atom is 0.229 e. The second-order valence-corrected chi connectivity index (χ2v) is 8.13. The number of ketones is 1. The molecule has 2 atom stereocenters. The SMILES string of the molecule is O=C(Cc1cc(F)cc(F)c1)c1cc2cc(/C=C/N3C(=O)[C@@H]4CC[C@H]3C4)ccc2[nH]1. The number of fused-ring (bicyclic) bond motifs is 3. The Kier molecular flexibility index (Phi) is 4.50. The number of Topliss-reactive ketones (excluding diaryl/α,β-unsaturated/α-hetero) is 1. The number of nitrogens with zero attached hydrogens (tertiary/aromatic N) is 1. The van der Waals surface area contributed by atoms with Crippen molar-refractivity contribution in [1.82, 2.24) is 9.88 Å². The van der Waals surface area contributed by atoms with Gasteiger partial charge in [0, 0.05) is 41.5 Å². The molecule has 3 aromatic rings. The van der Waals surface area contributed by atoms with Crippen LogP contribution in [0.4, 0.5) is 8.78 Å². The summed E-state index contributed by atoms with van der Waals surface area (Å²) in [4.78, 5) is 29.7. The molecule has 2 bridgehead atoms. The Labute approximate surface area is 172 Å². The lowest BCUT2D eigenvalue weighted by Gasteiger charge is -2.23. The van der Waals surface area contributed by atoms with Gasteiger partial charge in [-0.25, -0.2) is 8.78 Å². The van der Waals surface area contributed by atoms with E-state index in [2.05, 4.69) is 4.98 Å². The lowest BCUT2D eigenvalue weighted by Crippen LogP contribution is -2.32. The molecule has 0 radical (unpaired) electrons. The molecular formula is C24H20F2N2O2. The van der Waals surface area contributed by atoms with E-state index in [1.807, 2.05) is 35.4 Å². The standard InChI is InChI=1S/C24H20F2N2O2/c25-18-8-15(9-19(26)13-18)10-23(29)22-12-17-7-14(1-4-21(17)27-22)5-6-28-20-3-2-16(11-20)24(28)30/h1,4-9,12-13,16,20,27H,2-3,10-11H2/b6-5+/t16-,20+/m1/s1. The smallest absolute Gasteiger partial charge is 0.229 e. The summed E-state index contributed by atoms with van der Waals surface area (Å²) >= 11 is 0. The number of amides is 1. The second kappa shape index (κ2) is 7.20. The summed E-state index contributed by atoms with van der Waals surface area (Å²) in [7, 11) is 0. The number of nitrogens with one attached hydrogen (secondary N) is 1. The molecule has 1 saturated heterocycles. The molecular weight excluding hydrogens is 386 g/mol. The zero-order chi connectivity index (χ0) is 20.8. The predicted octanol–water partition coefficient (Wildman–Crippen LogP) is 4.85. The van der Waals surface area contributed by atoms with Crippen molar-refractivity contribution in [3.05, 3.63) is 77.1 Å². The van der Waals surface area contributed by atoms with Crippen LogP contribution in [0.25, 0.3) is 17.0 Å². The van der Waals surface area contributed by atoms with Crippen molar-refractivity contribution in [2.45, 2.75) is 31.7 Å². The molecule has 1 saturated carbocycles. The van der Waals surface area contributed by atoms with E-state index in [-0.39, 0.29) is 24.0 Å². The quantitative estimate of drug-likeness (QED) is 0.616. The molecule has 5 rings (SSSR count). The molecule has 1 aliphatic heterocycles. The van der Waals surface area contributed by atoms with Gasteiger partial charge in [0.25, 0.3) is 0 Å². The van der Waals surface area contributed by atoms with Gasteiger partial charge in [-0.05, 0) is 66.8 Å². The van der Waals surface area contributed by atoms with E-state index in [0.717, 1.165) is 41.8 Å². The summed E-state index contributed by atoms with van der Waals surface area (Å²) in [5, 5.41) is 0.861. The van der Waals surface area contributed by atoms with Gasteiger partial charge in [-0.2, -0.15) is 0 Å². The largest absolute Gasteiger partial charge is 0.352 e. The van der Waals surface area contributed by atoms with Crippen LogP contribution < -0.4 is 0 Å². The van der Waals surface area contributed by atoms with Crippen LogP contribution in [0, 0.1) is 17.6 Å². The van der Waals surface area contributed by atoms with Crippen molar-refractivity contribution < 1.29 is 18.4 Å². The van der Waals surface area contributed by atoms with Gasteiger partial charge in [-0.3, -0.25) is 9.59 Å². The fourth-order valence-corrected chi connectivity index (χ4v) is 4.59. The topological polar surface area (TPSA) is 53.2 Å². The van der Waals surface area contributed by atoms with Crippen molar-refractivity contribution in [1.29, 1.82) is 0 Å². The minimum absolute atomic E-state index is 0.0894. The van der Waals surface area contributed by atoms with Crippen LogP contribution >= 0.6 is 0 Å². The summed E-state index contributed by atoms with van der Waals surface area (Å²) in [6, 6.07) is 10.9. The first-order chi connectivity index (χ1) is 14.5. The molecule has 0 spiro atoms. The Balaban J connectivity index is 1.34. The Morgan fingerprint density at radius 3 is 2.63 bits per heavy atom. The highest BCUT2D eigenvalue weighted by Gasteiger charge is 2.43. The monoisotopic (exact) mass is 406 g/mol. The number of halogens is 2. The number of aromatic amines is 1. The zero-order valence-corrected chi connectivity index (χ0v) is 16.2. The normalized spacial score (nSPS) is 20.7. The summed E-state index contributed by atoms with van der Waals surface area (Å²) in [6.45, 7) is 0. The molecule has 30 heavy (non-hydrogen) atoms. The van der Waals surface area contributed by atoms with Crippen LogP contribution in [0.3, 0.4) is 0 Å². The van der Waals surface area contributed by atoms with Crippen molar-refractivity contribution in [2.24, 2.45) is 5.92 Å². The molecule has 2 fully saturated rings. The number of rotatable bonds is 5. The number of piperidine rings is 1. The van der Waals surface area contributed by atoms with Gasteiger partial charge in [0.15, 0.2) is 5.78 Å². The molecule has 2 aromatic carbocycles. The Hall–Kier alpha value is -3.28. The maximum atomic E-state index is 13.4. The number of carbonyl (C=O) groups excluding carboxylic acids is 2. The predicted molar refractivity (Wildman–Crippen MR) is 110 cm³/mol. The van der Waals surface area contributed by atoms with E-state index >= 15 is 0 Å². The van der Waals surface area contributed by atoms with Crippen molar-refractivity contribution in [3.8, 4) is 0 Å². The first kappa shape index (κ1) is 18.7. The van der Waals surface area contributed by atoms with Crippen LogP contribution in [0.15, 0.2) is 48.7 Å². The number of likely N-dealkylation sites (tertiary alicyclic amines) is 1. The van der Waals surface area contributed by atoms with Crippen molar-refractivity contribution in [2.75, 3.05) is 0 Å². The summed E-state index contributed by atoms with van der Waals surface area (Å²) in [6.07, 6.45) is 6.72. The fourth-order valence-electron chi connectivity index (χ4n) is 4.59. The number of carbonyl (C=O) groups is 2. The van der Waals surface area contributed by atoms with Crippen LogP contribution in [-0.4, -0.2) is 27.6 Å². The van der Waals surface area contributed by atoms with Crippen molar-refractivity contribution >= 4 is 28.7 Å². The summed E-state index contributed by atoms with van der Waals surface area (Å²) in [5.74, 6) is -1.24. The average Bonchev–Trinajstić information content (AvgIpc) is 3.40. The first-order valence-electron chi connectivity index (χ1n) is 10.1. The fraction of sp³-hybridized carbons (Fsp3) is 0.250. The minimum Gasteiger partial charge on any atom is -0.352 e. The number of aromatic nitrogens is 1. The highest BCUT2D eigenvalue weighted by molar-refractivity contribution is 6.00. The number of H-pyrrole nitrogens is 1. The number of hydrogen-bond donors (Lipinski definition) is 1. The lowest BCUT2D eigenvalue weighted by molar-refractivity contribution is -0.131.